The van der Waals surface area contributed by atoms with E-state index in [1.165, 1.54) is 0 Å². The number of hydrogen-bond donors (Lipinski definition) is 1. The zero-order chi connectivity index (χ0) is 9.26. The lowest BCUT2D eigenvalue weighted by Gasteiger charge is -2.31. The molecule has 2 fully saturated rings. The molecule has 0 aromatic carbocycles. The van der Waals surface area contributed by atoms with Gasteiger partial charge in [0.1, 0.15) is 0 Å². The van der Waals surface area contributed by atoms with Gasteiger partial charge in [-0.1, -0.05) is 0 Å². The minimum atomic E-state index is -0.247. The number of carbonyl (C=O) groups is 1. The highest BCUT2D eigenvalue weighted by atomic mass is 16.5. The van der Waals surface area contributed by atoms with E-state index in [-0.39, 0.29) is 11.9 Å². The van der Waals surface area contributed by atoms with Gasteiger partial charge in [0, 0.05) is 25.8 Å². The van der Waals surface area contributed by atoms with E-state index in [1.54, 1.807) is 0 Å². The Morgan fingerprint density at radius 3 is 2.54 bits per heavy atom. The summed E-state index contributed by atoms with van der Waals surface area (Å²) in [6.45, 7) is 2.40. The number of nitrogens with zero attached hydrogens (tertiary/aromatic N) is 1. The van der Waals surface area contributed by atoms with Crippen LogP contribution in [-0.2, 0) is 9.53 Å². The Morgan fingerprint density at radius 1 is 1.31 bits per heavy atom. The van der Waals surface area contributed by atoms with Crippen molar-refractivity contribution in [3.05, 3.63) is 0 Å². The fourth-order valence-corrected chi connectivity index (χ4v) is 2.08. The van der Waals surface area contributed by atoms with Gasteiger partial charge in [-0.3, -0.25) is 4.79 Å². The molecule has 1 amide bonds. The average Bonchev–Trinajstić information content (AvgIpc) is 2.49. The van der Waals surface area contributed by atoms with Crippen LogP contribution in [0, 0.1) is 0 Å². The van der Waals surface area contributed by atoms with Crippen LogP contribution in [-0.4, -0.2) is 42.6 Å². The van der Waals surface area contributed by atoms with Gasteiger partial charge in [-0.15, -0.1) is 0 Å². The maximum absolute atomic E-state index is 11.6. The predicted octanol–water partition coefficient (Wildman–Crippen LogP) is -0.275. The first-order valence-electron chi connectivity index (χ1n) is 4.93. The molecule has 0 radical (unpaired) electrons. The van der Waals surface area contributed by atoms with E-state index in [2.05, 4.69) is 0 Å². The van der Waals surface area contributed by atoms with Crippen LogP contribution in [0.15, 0.2) is 0 Å². The van der Waals surface area contributed by atoms with Crippen molar-refractivity contribution in [2.45, 2.75) is 31.3 Å². The molecule has 2 N–H and O–H groups in total. The third-order valence-corrected chi connectivity index (χ3v) is 2.91. The molecule has 1 atom stereocenters. The summed E-state index contributed by atoms with van der Waals surface area (Å²) in [5.74, 6) is 0.131. The smallest absolute Gasteiger partial charge is 0.239 e. The largest absolute Gasteiger partial charge is 0.381 e. The van der Waals surface area contributed by atoms with Gasteiger partial charge in [0.2, 0.25) is 5.91 Å². The molecule has 0 unspecified atom stereocenters. The van der Waals surface area contributed by atoms with Gasteiger partial charge >= 0.3 is 0 Å². The maximum Gasteiger partial charge on any atom is 0.239 e. The Hall–Kier alpha value is -0.610. The molecule has 0 aliphatic carbocycles. The van der Waals surface area contributed by atoms with Crippen molar-refractivity contribution in [2.24, 2.45) is 5.73 Å². The second kappa shape index (κ2) is 3.64. The molecule has 74 valence electrons. The lowest BCUT2D eigenvalue weighted by Crippen LogP contribution is -2.43. The van der Waals surface area contributed by atoms with Crippen molar-refractivity contribution >= 4 is 5.91 Å². The molecule has 2 aliphatic heterocycles. The summed E-state index contributed by atoms with van der Waals surface area (Å²) < 4.78 is 5.25. The van der Waals surface area contributed by atoms with Crippen LogP contribution in [0.1, 0.15) is 19.3 Å². The molecule has 4 nitrogen and oxygen atoms in total. The third kappa shape index (κ3) is 1.69. The Balaban J connectivity index is 1.96. The highest BCUT2D eigenvalue weighted by Crippen LogP contribution is 2.20. The molecule has 0 spiro atoms. The first-order valence-corrected chi connectivity index (χ1v) is 4.93. The average molecular weight is 184 g/mol. The molecule has 2 saturated heterocycles. The topological polar surface area (TPSA) is 55.6 Å². The number of hydrogen-bond acceptors (Lipinski definition) is 3. The maximum atomic E-state index is 11.6. The molecule has 0 saturated carbocycles. The van der Waals surface area contributed by atoms with Gasteiger partial charge in [0.05, 0.1) is 6.04 Å². The lowest BCUT2D eigenvalue weighted by molar-refractivity contribution is -0.132. The van der Waals surface area contributed by atoms with Gasteiger partial charge in [0.15, 0.2) is 0 Å². The molecule has 2 heterocycles. The Morgan fingerprint density at radius 2 is 2.00 bits per heavy atom. The minimum Gasteiger partial charge on any atom is -0.381 e. The van der Waals surface area contributed by atoms with E-state index in [1.807, 2.05) is 4.90 Å². The zero-order valence-corrected chi connectivity index (χ0v) is 7.74. The van der Waals surface area contributed by atoms with Crippen molar-refractivity contribution in [3.63, 3.8) is 0 Å². The van der Waals surface area contributed by atoms with Gasteiger partial charge in [-0.05, 0) is 19.3 Å². The summed E-state index contributed by atoms with van der Waals surface area (Å²) in [5, 5.41) is 0. The summed E-state index contributed by atoms with van der Waals surface area (Å²) in [6, 6.07) is 0.137. The van der Waals surface area contributed by atoms with Crippen LogP contribution in [0.25, 0.3) is 0 Å². The minimum absolute atomic E-state index is 0.131. The molecule has 4 heteroatoms. The van der Waals surface area contributed by atoms with E-state index >= 15 is 0 Å². The fourth-order valence-electron chi connectivity index (χ4n) is 2.08. The Labute approximate surface area is 78.0 Å². The monoisotopic (exact) mass is 184 g/mol. The van der Waals surface area contributed by atoms with Crippen molar-refractivity contribution in [1.29, 1.82) is 0 Å². The van der Waals surface area contributed by atoms with Crippen LogP contribution in [0.5, 0.6) is 0 Å². The normalized spacial score (nSPS) is 31.3. The third-order valence-electron chi connectivity index (χ3n) is 2.91. The van der Waals surface area contributed by atoms with Crippen LogP contribution in [0.4, 0.5) is 0 Å². The summed E-state index contributed by atoms with van der Waals surface area (Å²) in [5.41, 5.74) is 5.65. The number of rotatable bonds is 1. The molecule has 0 bridgehead atoms. The van der Waals surface area contributed by atoms with Gasteiger partial charge in [-0.2, -0.15) is 0 Å². The van der Waals surface area contributed by atoms with Crippen molar-refractivity contribution in [3.8, 4) is 0 Å². The second-order valence-electron chi connectivity index (χ2n) is 3.77. The van der Waals surface area contributed by atoms with Crippen LogP contribution < -0.4 is 5.73 Å². The Kier molecular flexibility index (Phi) is 2.51. The highest BCUT2D eigenvalue weighted by Gasteiger charge is 2.34. The van der Waals surface area contributed by atoms with Crippen molar-refractivity contribution < 1.29 is 9.53 Å². The van der Waals surface area contributed by atoms with E-state index in [0.29, 0.717) is 6.04 Å². The van der Waals surface area contributed by atoms with Crippen LogP contribution >= 0.6 is 0 Å². The number of amides is 1. The number of nitrogens with two attached hydrogens (primary N) is 1. The number of carbonyl (C=O) groups excluding carboxylic acids is 1. The SMILES string of the molecule is N[C@H]1CCN(C2CCOCC2)C1=O. The number of likely N-dealkylation sites (tertiary alicyclic amines) is 1. The molecular formula is C9H16N2O2. The fraction of sp³-hybridized carbons (Fsp3) is 0.889. The van der Waals surface area contributed by atoms with Crippen molar-refractivity contribution in [2.75, 3.05) is 19.8 Å². The number of ether oxygens (including phenoxy) is 1. The van der Waals surface area contributed by atoms with Gasteiger partial charge in [0.25, 0.3) is 0 Å². The van der Waals surface area contributed by atoms with Crippen molar-refractivity contribution in [1.82, 2.24) is 4.90 Å². The van der Waals surface area contributed by atoms with Crippen LogP contribution in [0.2, 0.25) is 0 Å². The van der Waals surface area contributed by atoms with E-state index < -0.39 is 0 Å². The molecule has 2 rings (SSSR count). The first kappa shape index (κ1) is 8.97. The zero-order valence-electron chi connectivity index (χ0n) is 7.74. The molecule has 0 aromatic rings. The summed E-state index contributed by atoms with van der Waals surface area (Å²) >= 11 is 0. The highest BCUT2D eigenvalue weighted by molar-refractivity contribution is 5.84. The molecule has 0 aromatic heterocycles. The van der Waals surface area contributed by atoms with E-state index in [0.717, 1.165) is 39.0 Å². The molecule has 2 aliphatic rings. The summed E-state index contributed by atoms with van der Waals surface area (Å²) in [6.07, 6.45) is 2.76. The first-order chi connectivity index (χ1) is 6.29. The summed E-state index contributed by atoms with van der Waals surface area (Å²) in [4.78, 5) is 13.5. The Bertz CT molecular complexity index is 202. The second-order valence-corrected chi connectivity index (χ2v) is 3.77. The standard InChI is InChI=1S/C9H16N2O2/c10-8-1-4-11(9(8)12)7-2-5-13-6-3-7/h7-8H,1-6,10H2/t8-/m0/s1. The molecular weight excluding hydrogens is 168 g/mol. The van der Waals surface area contributed by atoms with Gasteiger partial charge < -0.3 is 15.4 Å². The van der Waals surface area contributed by atoms with Crippen LogP contribution in [0.3, 0.4) is 0 Å². The summed E-state index contributed by atoms with van der Waals surface area (Å²) in [7, 11) is 0. The van der Waals surface area contributed by atoms with E-state index in [4.69, 9.17) is 10.5 Å². The van der Waals surface area contributed by atoms with Gasteiger partial charge in [-0.25, -0.2) is 0 Å². The quantitative estimate of drug-likeness (QED) is 0.610. The molecule has 13 heavy (non-hydrogen) atoms. The predicted molar refractivity (Wildman–Crippen MR) is 48.1 cm³/mol. The van der Waals surface area contributed by atoms with E-state index in [9.17, 15) is 4.79 Å². The lowest BCUT2D eigenvalue weighted by atomic mass is 10.1.